The fourth-order valence-corrected chi connectivity index (χ4v) is 5.73. The van der Waals surface area contributed by atoms with E-state index in [1.165, 1.54) is 22.2 Å². The van der Waals surface area contributed by atoms with Crippen LogP contribution in [-0.2, 0) is 21.2 Å². The quantitative estimate of drug-likeness (QED) is 0.709. The molecule has 1 aliphatic heterocycles. The second-order valence-electron chi connectivity index (χ2n) is 6.63. The molecule has 1 fully saturated rings. The minimum absolute atomic E-state index is 0.0464. The number of aryl methyl sites for hydroxylation is 1. The fourth-order valence-electron chi connectivity index (χ4n) is 3.27. The van der Waals surface area contributed by atoms with Crippen LogP contribution in [0, 0.1) is 0 Å². The molecule has 0 N–H and O–H groups in total. The Kier molecular flexibility index (Phi) is 5.76. The Morgan fingerprint density at radius 2 is 2.27 bits per heavy atom. The van der Waals surface area contributed by atoms with Crippen LogP contribution < -0.4 is 5.56 Å². The zero-order valence-corrected chi connectivity index (χ0v) is 16.4. The highest BCUT2D eigenvalue weighted by Crippen LogP contribution is 2.19. The van der Waals surface area contributed by atoms with E-state index < -0.39 is 9.84 Å². The van der Waals surface area contributed by atoms with Gasteiger partial charge in [-0.15, -0.1) is 11.3 Å². The van der Waals surface area contributed by atoms with Gasteiger partial charge in [-0.3, -0.25) is 14.2 Å². The van der Waals surface area contributed by atoms with Gasteiger partial charge in [0.2, 0.25) is 5.91 Å². The number of fused-ring (bicyclic) bond motifs is 1. The second-order valence-corrected chi connectivity index (χ2v) is 9.75. The van der Waals surface area contributed by atoms with Gasteiger partial charge in [0.15, 0.2) is 9.84 Å². The first kappa shape index (κ1) is 19.0. The highest BCUT2D eigenvalue weighted by atomic mass is 32.2. The molecule has 3 heterocycles. The van der Waals surface area contributed by atoms with Gasteiger partial charge in [0.1, 0.15) is 4.83 Å². The molecule has 0 radical (unpaired) electrons. The molecule has 7 nitrogen and oxygen atoms in total. The minimum atomic E-state index is -3.05. The van der Waals surface area contributed by atoms with E-state index >= 15 is 0 Å². The second kappa shape index (κ2) is 7.87. The fraction of sp³-hybridized carbons (Fsp3) is 0.588. The van der Waals surface area contributed by atoms with Crippen LogP contribution in [0.4, 0.5) is 0 Å². The van der Waals surface area contributed by atoms with Crippen molar-refractivity contribution in [3.63, 3.8) is 0 Å². The smallest absolute Gasteiger partial charge is 0.262 e. The molecular weight excluding hydrogens is 374 g/mol. The zero-order valence-electron chi connectivity index (χ0n) is 14.8. The summed E-state index contributed by atoms with van der Waals surface area (Å²) in [4.78, 5) is 31.8. The number of carbonyl (C=O) groups is 1. The van der Waals surface area contributed by atoms with Crippen LogP contribution in [-0.4, -0.2) is 52.9 Å². The molecule has 0 aromatic carbocycles. The lowest BCUT2D eigenvalue weighted by Crippen LogP contribution is -2.42. The lowest BCUT2D eigenvalue weighted by atomic mass is 10.1. The number of unbranched alkanes of at least 4 members (excludes halogenated alkanes) is 1. The molecule has 1 saturated heterocycles. The summed E-state index contributed by atoms with van der Waals surface area (Å²) in [6.07, 6.45) is 3.91. The number of hydrogen-bond donors (Lipinski definition) is 0. The Morgan fingerprint density at radius 3 is 2.96 bits per heavy atom. The maximum absolute atomic E-state index is 12.7. The predicted molar refractivity (Wildman–Crippen MR) is 102 cm³/mol. The van der Waals surface area contributed by atoms with Gasteiger partial charge >= 0.3 is 0 Å². The van der Waals surface area contributed by atoms with E-state index in [2.05, 4.69) is 4.98 Å². The topological polar surface area (TPSA) is 89.3 Å². The van der Waals surface area contributed by atoms with Crippen LogP contribution in [0.3, 0.4) is 0 Å². The van der Waals surface area contributed by atoms with Gasteiger partial charge in [0.05, 0.1) is 23.2 Å². The summed E-state index contributed by atoms with van der Waals surface area (Å²) in [5.74, 6) is 0.0919. The minimum Gasteiger partial charge on any atom is -0.339 e. The average Bonchev–Trinajstić information content (AvgIpc) is 3.21. The molecule has 0 saturated carbocycles. The molecule has 1 atom stereocenters. The first-order valence-corrected chi connectivity index (χ1v) is 11.5. The number of aromatic nitrogens is 2. The largest absolute Gasteiger partial charge is 0.339 e. The van der Waals surface area contributed by atoms with Crippen LogP contribution in [0.5, 0.6) is 0 Å². The Hall–Kier alpha value is -1.74. The van der Waals surface area contributed by atoms with Crippen LogP contribution >= 0.6 is 11.3 Å². The van der Waals surface area contributed by atoms with Crippen LogP contribution in [0.2, 0.25) is 0 Å². The Labute approximate surface area is 156 Å². The molecular formula is C17H23N3O4S2. The summed E-state index contributed by atoms with van der Waals surface area (Å²) in [6.45, 7) is 2.85. The van der Waals surface area contributed by atoms with Crippen molar-refractivity contribution >= 4 is 37.3 Å². The van der Waals surface area contributed by atoms with Gasteiger partial charge in [-0.25, -0.2) is 13.4 Å². The molecule has 1 unspecified atom stereocenters. The number of nitrogens with zero attached hydrogens (tertiary/aromatic N) is 3. The maximum Gasteiger partial charge on any atom is 0.262 e. The van der Waals surface area contributed by atoms with Crippen molar-refractivity contribution < 1.29 is 13.2 Å². The summed E-state index contributed by atoms with van der Waals surface area (Å²) >= 11 is 1.41. The molecule has 0 bridgehead atoms. The molecule has 142 valence electrons. The van der Waals surface area contributed by atoms with Gasteiger partial charge in [0, 0.05) is 25.6 Å². The zero-order chi connectivity index (χ0) is 18.7. The Balaban J connectivity index is 1.70. The predicted octanol–water partition coefficient (Wildman–Crippen LogP) is 1.66. The SMILES string of the molecule is CCCCN(C(=O)CCn1cnc2sccc2c1=O)C1CCS(=O)(=O)C1. The number of hydrogen-bond acceptors (Lipinski definition) is 6. The highest BCUT2D eigenvalue weighted by molar-refractivity contribution is 7.91. The molecule has 26 heavy (non-hydrogen) atoms. The van der Waals surface area contributed by atoms with E-state index in [9.17, 15) is 18.0 Å². The summed E-state index contributed by atoms with van der Waals surface area (Å²) in [5, 5.41) is 2.39. The molecule has 1 aliphatic rings. The van der Waals surface area contributed by atoms with E-state index in [0.717, 1.165) is 12.8 Å². The van der Waals surface area contributed by atoms with E-state index in [1.807, 2.05) is 12.3 Å². The van der Waals surface area contributed by atoms with Crippen molar-refractivity contribution in [3.8, 4) is 0 Å². The van der Waals surface area contributed by atoms with Crippen molar-refractivity contribution in [1.82, 2.24) is 14.5 Å². The molecule has 0 aliphatic carbocycles. The van der Waals surface area contributed by atoms with Crippen molar-refractivity contribution in [2.24, 2.45) is 0 Å². The van der Waals surface area contributed by atoms with Crippen molar-refractivity contribution in [2.45, 2.75) is 45.2 Å². The number of sulfone groups is 1. The highest BCUT2D eigenvalue weighted by Gasteiger charge is 2.34. The molecule has 2 aromatic heterocycles. The number of rotatable bonds is 7. The van der Waals surface area contributed by atoms with Crippen molar-refractivity contribution in [2.75, 3.05) is 18.1 Å². The Morgan fingerprint density at radius 1 is 1.46 bits per heavy atom. The monoisotopic (exact) mass is 397 g/mol. The lowest BCUT2D eigenvalue weighted by molar-refractivity contribution is -0.133. The Bertz CT molecular complexity index is 948. The third-order valence-corrected chi connectivity index (χ3v) is 7.31. The first-order chi connectivity index (χ1) is 12.4. The van der Waals surface area contributed by atoms with Crippen molar-refractivity contribution in [1.29, 1.82) is 0 Å². The van der Waals surface area contributed by atoms with E-state index in [4.69, 9.17) is 0 Å². The molecule has 9 heteroatoms. The molecule has 3 rings (SSSR count). The number of thiophene rings is 1. The first-order valence-electron chi connectivity index (χ1n) is 8.84. The number of amides is 1. The standard InChI is InChI=1S/C17H23N3O4S2/c1-2-3-7-20(13-6-10-26(23,24)11-13)15(21)4-8-19-12-18-16-14(17(19)22)5-9-25-16/h5,9,12-13H,2-4,6-8,10-11H2,1H3. The molecule has 2 aromatic rings. The summed E-state index contributed by atoms with van der Waals surface area (Å²) < 4.78 is 25.0. The van der Waals surface area contributed by atoms with E-state index in [-0.39, 0.29) is 42.0 Å². The van der Waals surface area contributed by atoms with Crippen LogP contribution in [0.25, 0.3) is 10.2 Å². The summed E-state index contributed by atoms with van der Waals surface area (Å²) in [7, 11) is -3.05. The van der Waals surface area contributed by atoms with E-state index in [1.54, 1.807) is 11.0 Å². The van der Waals surface area contributed by atoms with E-state index in [0.29, 0.717) is 23.2 Å². The van der Waals surface area contributed by atoms with Gasteiger partial charge < -0.3 is 4.90 Å². The number of carbonyl (C=O) groups excluding carboxylic acids is 1. The van der Waals surface area contributed by atoms with Gasteiger partial charge in [-0.1, -0.05) is 13.3 Å². The van der Waals surface area contributed by atoms with Gasteiger partial charge in [0.25, 0.3) is 5.56 Å². The van der Waals surface area contributed by atoms with Gasteiger partial charge in [-0.2, -0.15) is 0 Å². The van der Waals surface area contributed by atoms with Crippen LogP contribution in [0.1, 0.15) is 32.6 Å². The maximum atomic E-state index is 12.7. The summed E-state index contributed by atoms with van der Waals surface area (Å²) in [5.41, 5.74) is -0.146. The van der Waals surface area contributed by atoms with Crippen molar-refractivity contribution in [3.05, 3.63) is 28.1 Å². The summed E-state index contributed by atoms with van der Waals surface area (Å²) in [6, 6.07) is 1.50. The normalized spacial score (nSPS) is 19.0. The average molecular weight is 398 g/mol. The molecule has 0 spiro atoms. The van der Waals surface area contributed by atoms with Gasteiger partial charge in [-0.05, 0) is 24.3 Å². The molecule has 1 amide bonds. The third kappa shape index (κ3) is 4.15. The third-order valence-electron chi connectivity index (χ3n) is 4.74. The van der Waals surface area contributed by atoms with Crippen LogP contribution in [0.15, 0.2) is 22.6 Å². The lowest BCUT2D eigenvalue weighted by Gasteiger charge is -2.28.